The SMILES string of the molecule is Cc1nc(NNC(=O)[C@@H](CC2CCCC2)CN(O)C=O)c(F)c(N2CC3COCC3C2)n1. The maximum absolute atomic E-state index is 15.2. The van der Waals surface area contributed by atoms with Crippen molar-refractivity contribution in [2.75, 3.05) is 43.2 Å². The van der Waals surface area contributed by atoms with Gasteiger partial charge >= 0.3 is 0 Å². The molecule has 2 amide bonds. The Balaban J connectivity index is 1.42. The normalized spacial score (nSPS) is 23.8. The lowest BCUT2D eigenvalue weighted by molar-refractivity contribution is -0.154. The maximum Gasteiger partial charge on any atom is 0.243 e. The number of rotatable bonds is 9. The zero-order valence-electron chi connectivity index (χ0n) is 18.3. The zero-order chi connectivity index (χ0) is 22.7. The van der Waals surface area contributed by atoms with Gasteiger partial charge in [-0.25, -0.2) is 15.0 Å². The number of nitrogens with zero attached hydrogens (tertiary/aromatic N) is 4. The fourth-order valence-electron chi connectivity index (χ4n) is 5.10. The zero-order valence-corrected chi connectivity index (χ0v) is 18.3. The number of hydrogen-bond acceptors (Lipinski definition) is 8. The van der Waals surface area contributed by atoms with Gasteiger partial charge < -0.3 is 9.64 Å². The fourth-order valence-corrected chi connectivity index (χ4v) is 5.10. The molecule has 1 aliphatic carbocycles. The Hall–Kier alpha value is -2.53. The number of nitrogens with one attached hydrogen (secondary N) is 2. The lowest BCUT2D eigenvalue weighted by Gasteiger charge is -2.23. The van der Waals surface area contributed by atoms with Crippen molar-refractivity contribution < 1.29 is 23.9 Å². The van der Waals surface area contributed by atoms with Gasteiger partial charge in [0.2, 0.25) is 18.1 Å². The molecule has 2 saturated heterocycles. The Kier molecular flexibility index (Phi) is 7.04. The van der Waals surface area contributed by atoms with Gasteiger partial charge in [0.15, 0.2) is 11.6 Å². The van der Waals surface area contributed by atoms with Gasteiger partial charge in [0.05, 0.1) is 25.7 Å². The molecule has 176 valence electrons. The van der Waals surface area contributed by atoms with E-state index < -0.39 is 17.6 Å². The minimum atomic E-state index is -0.624. The molecule has 3 aliphatic rings. The molecular weight excluding hydrogens is 419 g/mol. The number of amides is 2. The number of ether oxygens (including phenoxy) is 1. The van der Waals surface area contributed by atoms with Gasteiger partial charge in [0, 0.05) is 24.9 Å². The van der Waals surface area contributed by atoms with Crippen molar-refractivity contribution in [1.29, 1.82) is 0 Å². The highest BCUT2D eigenvalue weighted by Gasteiger charge is 2.39. The molecule has 11 heteroatoms. The molecule has 4 rings (SSSR count). The van der Waals surface area contributed by atoms with Crippen LogP contribution in [-0.4, -0.2) is 65.4 Å². The Bertz CT molecular complexity index is 825. The van der Waals surface area contributed by atoms with Crippen LogP contribution in [0.1, 0.15) is 37.9 Å². The van der Waals surface area contributed by atoms with Crippen LogP contribution in [0, 0.1) is 36.4 Å². The van der Waals surface area contributed by atoms with E-state index in [9.17, 15) is 14.8 Å². The number of carbonyl (C=O) groups is 2. The van der Waals surface area contributed by atoms with E-state index in [-0.39, 0.29) is 24.6 Å². The summed E-state index contributed by atoms with van der Waals surface area (Å²) >= 11 is 0. The first-order chi connectivity index (χ1) is 15.4. The van der Waals surface area contributed by atoms with Crippen LogP contribution in [0.25, 0.3) is 0 Å². The van der Waals surface area contributed by atoms with Crippen LogP contribution < -0.4 is 15.8 Å². The van der Waals surface area contributed by atoms with Gasteiger partial charge in [-0.1, -0.05) is 25.7 Å². The summed E-state index contributed by atoms with van der Waals surface area (Å²) in [7, 11) is 0. The molecule has 3 heterocycles. The molecule has 0 aromatic carbocycles. The highest BCUT2D eigenvalue weighted by molar-refractivity contribution is 5.80. The molecule has 1 aromatic rings. The molecule has 2 aliphatic heterocycles. The van der Waals surface area contributed by atoms with Gasteiger partial charge in [-0.3, -0.25) is 25.6 Å². The molecule has 32 heavy (non-hydrogen) atoms. The third-order valence-corrected chi connectivity index (χ3v) is 6.78. The van der Waals surface area contributed by atoms with Gasteiger partial charge in [0.25, 0.3) is 0 Å². The van der Waals surface area contributed by atoms with Gasteiger partial charge in [-0.15, -0.1) is 0 Å². The number of aryl methyl sites for hydroxylation is 1. The van der Waals surface area contributed by atoms with Crippen LogP contribution in [0.5, 0.6) is 0 Å². The Morgan fingerprint density at radius 2 is 2.00 bits per heavy atom. The van der Waals surface area contributed by atoms with Crippen molar-refractivity contribution in [3.05, 3.63) is 11.6 Å². The van der Waals surface area contributed by atoms with Crippen molar-refractivity contribution in [3.8, 4) is 0 Å². The number of carbonyl (C=O) groups excluding carboxylic acids is 2. The van der Waals surface area contributed by atoms with Crippen LogP contribution >= 0.6 is 0 Å². The van der Waals surface area contributed by atoms with Crippen LogP contribution in [0.15, 0.2) is 0 Å². The van der Waals surface area contributed by atoms with Crippen molar-refractivity contribution in [2.24, 2.45) is 23.7 Å². The van der Waals surface area contributed by atoms with Crippen LogP contribution in [-0.2, 0) is 14.3 Å². The number of hydrazine groups is 1. The summed E-state index contributed by atoms with van der Waals surface area (Å²) in [6.07, 6.45) is 5.11. The number of hydrogen-bond donors (Lipinski definition) is 3. The summed E-state index contributed by atoms with van der Waals surface area (Å²) in [6, 6.07) is 0. The average Bonchev–Trinajstić information content (AvgIpc) is 3.51. The van der Waals surface area contributed by atoms with E-state index in [1.54, 1.807) is 6.92 Å². The van der Waals surface area contributed by atoms with E-state index in [1.807, 2.05) is 4.90 Å². The van der Waals surface area contributed by atoms with E-state index in [1.165, 1.54) is 0 Å². The van der Waals surface area contributed by atoms with Crippen molar-refractivity contribution >= 4 is 24.0 Å². The van der Waals surface area contributed by atoms with Gasteiger partial charge in [0.1, 0.15) is 5.82 Å². The molecular formula is C21H31FN6O4. The van der Waals surface area contributed by atoms with E-state index in [2.05, 4.69) is 20.8 Å². The Morgan fingerprint density at radius 3 is 2.66 bits per heavy atom. The first-order valence-electron chi connectivity index (χ1n) is 11.3. The number of hydroxylamine groups is 2. The summed E-state index contributed by atoms with van der Waals surface area (Å²) < 4.78 is 20.7. The number of halogens is 1. The van der Waals surface area contributed by atoms with Crippen molar-refractivity contribution in [1.82, 2.24) is 20.5 Å². The summed E-state index contributed by atoms with van der Waals surface area (Å²) in [5.41, 5.74) is 5.12. The maximum atomic E-state index is 15.2. The predicted molar refractivity (Wildman–Crippen MR) is 113 cm³/mol. The van der Waals surface area contributed by atoms with E-state index in [4.69, 9.17) is 4.74 Å². The number of fused-ring (bicyclic) bond motifs is 1. The lowest BCUT2D eigenvalue weighted by atomic mass is 9.92. The molecule has 3 atom stereocenters. The van der Waals surface area contributed by atoms with Gasteiger partial charge in [-0.05, 0) is 19.3 Å². The second-order valence-corrected chi connectivity index (χ2v) is 9.14. The van der Waals surface area contributed by atoms with E-state index >= 15 is 4.39 Å². The molecule has 3 N–H and O–H groups in total. The van der Waals surface area contributed by atoms with Crippen LogP contribution in [0.2, 0.25) is 0 Å². The molecule has 0 radical (unpaired) electrons. The Morgan fingerprint density at radius 1 is 1.31 bits per heavy atom. The second kappa shape index (κ2) is 9.95. The highest BCUT2D eigenvalue weighted by Crippen LogP contribution is 2.34. The predicted octanol–water partition coefficient (Wildman–Crippen LogP) is 1.49. The third kappa shape index (κ3) is 5.09. The highest BCUT2D eigenvalue weighted by atomic mass is 19.1. The lowest BCUT2D eigenvalue weighted by Crippen LogP contribution is -2.41. The third-order valence-electron chi connectivity index (χ3n) is 6.78. The summed E-state index contributed by atoms with van der Waals surface area (Å²) in [4.78, 5) is 34.0. The molecule has 10 nitrogen and oxygen atoms in total. The largest absolute Gasteiger partial charge is 0.381 e. The summed E-state index contributed by atoms with van der Waals surface area (Å²) in [5, 5.41) is 10.1. The molecule has 3 fully saturated rings. The molecule has 1 saturated carbocycles. The summed E-state index contributed by atoms with van der Waals surface area (Å²) in [6.45, 7) is 4.25. The second-order valence-electron chi connectivity index (χ2n) is 9.14. The standard InChI is InChI=1S/C21H31FN6O4/c1-13-23-19(18(22)20(24-13)27-7-16-10-32-11-17(16)8-27)25-26-21(30)15(9-28(31)12-29)6-14-4-2-3-5-14/h12,14-17,31H,2-11H2,1H3,(H,26,30)(H,23,24,25)/t15-,16?,17?/m0/s1. The first-order valence-corrected chi connectivity index (χ1v) is 11.3. The van der Waals surface area contributed by atoms with Crippen LogP contribution in [0.4, 0.5) is 16.0 Å². The number of aromatic nitrogens is 2. The van der Waals surface area contributed by atoms with Crippen molar-refractivity contribution in [2.45, 2.75) is 39.0 Å². The van der Waals surface area contributed by atoms with Crippen molar-refractivity contribution in [3.63, 3.8) is 0 Å². The smallest absolute Gasteiger partial charge is 0.243 e. The molecule has 0 spiro atoms. The first kappa shape index (κ1) is 22.7. The number of anilines is 2. The molecule has 0 bridgehead atoms. The minimum Gasteiger partial charge on any atom is -0.381 e. The average molecular weight is 451 g/mol. The fraction of sp³-hybridized carbons (Fsp3) is 0.714. The Labute approximate surface area is 186 Å². The molecule has 2 unspecified atom stereocenters. The van der Waals surface area contributed by atoms with Crippen LogP contribution in [0.3, 0.4) is 0 Å². The minimum absolute atomic E-state index is 0.106. The topological polar surface area (TPSA) is 120 Å². The van der Waals surface area contributed by atoms with E-state index in [0.717, 1.165) is 25.7 Å². The quantitative estimate of drug-likeness (QED) is 0.294. The summed E-state index contributed by atoms with van der Waals surface area (Å²) in [5.74, 6) is -0.0650. The molecule has 1 aromatic heterocycles. The van der Waals surface area contributed by atoms with E-state index in [0.29, 0.717) is 61.4 Å². The monoisotopic (exact) mass is 450 g/mol. The van der Waals surface area contributed by atoms with Gasteiger partial charge in [-0.2, -0.15) is 4.39 Å².